The molecular formula is C9H10BrN3O. The zero-order valence-electron chi connectivity index (χ0n) is 7.91. The second-order valence-corrected chi connectivity index (χ2v) is 3.54. The van der Waals surface area contributed by atoms with Gasteiger partial charge in [0.05, 0.1) is 4.47 Å². The minimum atomic E-state index is -0.140. The number of aliphatic imine (C=N–C) groups is 1. The summed E-state index contributed by atoms with van der Waals surface area (Å²) in [6.07, 6.45) is 1.64. The van der Waals surface area contributed by atoms with Crippen molar-refractivity contribution >= 4 is 33.5 Å². The van der Waals surface area contributed by atoms with Gasteiger partial charge >= 0.3 is 0 Å². The Morgan fingerprint density at radius 1 is 1.57 bits per heavy atom. The van der Waals surface area contributed by atoms with E-state index < -0.39 is 0 Å². The molecule has 0 aromatic carbocycles. The van der Waals surface area contributed by atoms with Gasteiger partial charge in [-0.2, -0.15) is 0 Å². The van der Waals surface area contributed by atoms with Crippen LogP contribution in [-0.4, -0.2) is 16.7 Å². The van der Waals surface area contributed by atoms with E-state index in [0.29, 0.717) is 11.7 Å². The van der Waals surface area contributed by atoms with Crippen LogP contribution in [0.3, 0.4) is 0 Å². The zero-order valence-corrected chi connectivity index (χ0v) is 9.50. The standard InChI is InChI=1S/C9H10BrN3O/c1-6(12-7(2)14)13-9-8(10)4-3-5-11-9/h3-5H,1-2H3,(H,11,12,13,14). The van der Waals surface area contributed by atoms with Crippen molar-refractivity contribution < 1.29 is 4.79 Å². The molecule has 0 unspecified atom stereocenters. The summed E-state index contributed by atoms with van der Waals surface area (Å²) in [6.45, 7) is 3.15. The molecule has 0 fully saturated rings. The highest BCUT2D eigenvalue weighted by molar-refractivity contribution is 9.10. The molecule has 1 rings (SSSR count). The van der Waals surface area contributed by atoms with Gasteiger partial charge in [0, 0.05) is 13.1 Å². The number of hydrogen-bond donors (Lipinski definition) is 1. The number of pyridine rings is 1. The van der Waals surface area contributed by atoms with Gasteiger partial charge in [-0.15, -0.1) is 0 Å². The van der Waals surface area contributed by atoms with Gasteiger partial charge in [-0.1, -0.05) is 0 Å². The molecule has 1 heterocycles. The lowest BCUT2D eigenvalue weighted by atomic mass is 10.4. The summed E-state index contributed by atoms with van der Waals surface area (Å²) in [5, 5.41) is 2.57. The van der Waals surface area contributed by atoms with Crippen LogP contribution in [0.15, 0.2) is 27.8 Å². The molecule has 1 amide bonds. The van der Waals surface area contributed by atoms with Crippen molar-refractivity contribution in [2.75, 3.05) is 0 Å². The van der Waals surface area contributed by atoms with Gasteiger partial charge in [-0.05, 0) is 35.0 Å². The Labute approximate surface area is 90.6 Å². The van der Waals surface area contributed by atoms with Crippen molar-refractivity contribution in [3.63, 3.8) is 0 Å². The fourth-order valence-corrected chi connectivity index (χ4v) is 1.24. The summed E-state index contributed by atoms with van der Waals surface area (Å²) >= 11 is 3.31. The van der Waals surface area contributed by atoms with Crippen LogP contribution in [0.2, 0.25) is 0 Å². The van der Waals surface area contributed by atoms with E-state index in [1.807, 2.05) is 6.07 Å². The molecule has 0 atom stereocenters. The first kappa shape index (κ1) is 10.8. The quantitative estimate of drug-likeness (QED) is 0.617. The van der Waals surface area contributed by atoms with Gasteiger partial charge in [0.25, 0.3) is 0 Å². The highest BCUT2D eigenvalue weighted by Crippen LogP contribution is 2.21. The van der Waals surface area contributed by atoms with Crippen LogP contribution in [-0.2, 0) is 4.79 Å². The highest BCUT2D eigenvalue weighted by atomic mass is 79.9. The third kappa shape index (κ3) is 3.26. The summed E-state index contributed by atoms with van der Waals surface area (Å²) in [6, 6.07) is 3.64. The van der Waals surface area contributed by atoms with E-state index in [4.69, 9.17) is 0 Å². The second kappa shape index (κ2) is 4.85. The first-order valence-electron chi connectivity index (χ1n) is 4.03. The maximum Gasteiger partial charge on any atom is 0.222 e. The number of nitrogens with one attached hydrogen (secondary N) is 1. The van der Waals surface area contributed by atoms with E-state index in [1.54, 1.807) is 19.2 Å². The Kier molecular flexibility index (Phi) is 3.76. The van der Waals surface area contributed by atoms with Crippen LogP contribution in [0.25, 0.3) is 0 Å². The molecule has 1 aromatic rings. The fraction of sp³-hybridized carbons (Fsp3) is 0.222. The van der Waals surface area contributed by atoms with Crippen molar-refractivity contribution in [1.82, 2.24) is 10.3 Å². The monoisotopic (exact) mass is 255 g/mol. The van der Waals surface area contributed by atoms with Crippen LogP contribution in [0.5, 0.6) is 0 Å². The van der Waals surface area contributed by atoms with E-state index >= 15 is 0 Å². The lowest BCUT2D eigenvalue weighted by Gasteiger charge is -2.01. The van der Waals surface area contributed by atoms with Gasteiger partial charge in [0.1, 0.15) is 5.84 Å². The molecule has 0 saturated heterocycles. The number of amides is 1. The number of amidine groups is 1. The number of rotatable bonds is 1. The number of carbonyl (C=O) groups is 1. The number of aromatic nitrogens is 1. The third-order valence-electron chi connectivity index (χ3n) is 1.37. The van der Waals surface area contributed by atoms with Crippen LogP contribution in [0.4, 0.5) is 5.82 Å². The molecule has 4 nitrogen and oxygen atoms in total. The molecule has 74 valence electrons. The molecule has 1 aromatic heterocycles. The first-order valence-corrected chi connectivity index (χ1v) is 4.82. The molecule has 0 aliphatic carbocycles. The molecule has 0 aliphatic rings. The molecular weight excluding hydrogens is 246 g/mol. The Balaban J connectivity index is 2.86. The van der Waals surface area contributed by atoms with Crippen LogP contribution >= 0.6 is 15.9 Å². The van der Waals surface area contributed by atoms with E-state index in [9.17, 15) is 4.79 Å². The van der Waals surface area contributed by atoms with Crippen molar-refractivity contribution in [2.45, 2.75) is 13.8 Å². The van der Waals surface area contributed by atoms with Gasteiger partial charge in [0.15, 0.2) is 5.82 Å². The average molecular weight is 256 g/mol. The summed E-state index contributed by atoms with van der Waals surface area (Å²) in [7, 11) is 0. The molecule has 0 radical (unpaired) electrons. The predicted octanol–water partition coefficient (Wildman–Crippen LogP) is 2.03. The SMILES string of the molecule is CC(=O)NC(C)=Nc1ncccc1Br. The summed E-state index contributed by atoms with van der Waals surface area (Å²) in [5.74, 6) is 0.939. The minimum absolute atomic E-state index is 0.140. The van der Waals surface area contributed by atoms with E-state index in [1.165, 1.54) is 6.92 Å². The van der Waals surface area contributed by atoms with E-state index in [0.717, 1.165) is 4.47 Å². The van der Waals surface area contributed by atoms with Crippen LogP contribution < -0.4 is 5.32 Å². The van der Waals surface area contributed by atoms with Crippen molar-refractivity contribution in [2.24, 2.45) is 4.99 Å². The number of halogens is 1. The lowest BCUT2D eigenvalue weighted by molar-refractivity contribution is -0.117. The van der Waals surface area contributed by atoms with Gasteiger partial charge in [-0.3, -0.25) is 4.79 Å². The second-order valence-electron chi connectivity index (χ2n) is 2.69. The molecule has 0 bridgehead atoms. The van der Waals surface area contributed by atoms with Gasteiger partial charge in [-0.25, -0.2) is 9.98 Å². The largest absolute Gasteiger partial charge is 0.315 e. The lowest BCUT2D eigenvalue weighted by Crippen LogP contribution is -2.25. The molecule has 5 heteroatoms. The number of carbonyl (C=O) groups excluding carboxylic acids is 1. The third-order valence-corrected chi connectivity index (χ3v) is 1.99. The fourth-order valence-electron chi connectivity index (χ4n) is 0.901. The average Bonchev–Trinajstić information content (AvgIpc) is 2.07. The molecule has 0 spiro atoms. The predicted molar refractivity (Wildman–Crippen MR) is 58.5 cm³/mol. The van der Waals surface area contributed by atoms with Crippen molar-refractivity contribution in [3.8, 4) is 0 Å². The van der Waals surface area contributed by atoms with E-state index in [2.05, 4.69) is 31.2 Å². The van der Waals surface area contributed by atoms with Crippen molar-refractivity contribution in [3.05, 3.63) is 22.8 Å². The van der Waals surface area contributed by atoms with Gasteiger partial charge in [0.2, 0.25) is 5.91 Å². The van der Waals surface area contributed by atoms with E-state index in [-0.39, 0.29) is 5.91 Å². The number of hydrogen-bond acceptors (Lipinski definition) is 3. The molecule has 14 heavy (non-hydrogen) atoms. The minimum Gasteiger partial charge on any atom is -0.315 e. The summed E-state index contributed by atoms with van der Waals surface area (Å²) < 4.78 is 0.796. The zero-order chi connectivity index (χ0) is 10.6. The highest BCUT2D eigenvalue weighted by Gasteiger charge is 1.99. The first-order chi connectivity index (χ1) is 6.59. The van der Waals surface area contributed by atoms with Crippen LogP contribution in [0.1, 0.15) is 13.8 Å². The Morgan fingerprint density at radius 2 is 2.29 bits per heavy atom. The normalized spacial score (nSPS) is 11.2. The Morgan fingerprint density at radius 3 is 2.86 bits per heavy atom. The molecule has 1 N–H and O–H groups in total. The van der Waals surface area contributed by atoms with Crippen LogP contribution in [0, 0.1) is 0 Å². The summed E-state index contributed by atoms with van der Waals surface area (Å²) in [5.41, 5.74) is 0. The number of nitrogens with zero attached hydrogens (tertiary/aromatic N) is 2. The Bertz CT molecular complexity index is 376. The molecule has 0 saturated carbocycles. The topological polar surface area (TPSA) is 54.4 Å². The van der Waals surface area contributed by atoms with Gasteiger partial charge < -0.3 is 5.32 Å². The maximum atomic E-state index is 10.7. The maximum absolute atomic E-state index is 10.7. The summed E-state index contributed by atoms with van der Waals surface area (Å²) in [4.78, 5) is 18.9. The van der Waals surface area contributed by atoms with Crippen molar-refractivity contribution in [1.29, 1.82) is 0 Å². The molecule has 0 aliphatic heterocycles. The Hall–Kier alpha value is -1.23. The smallest absolute Gasteiger partial charge is 0.222 e.